The molecule has 0 amide bonds. The van der Waals surface area contributed by atoms with Gasteiger partial charge in [-0.2, -0.15) is 9.78 Å². The summed E-state index contributed by atoms with van der Waals surface area (Å²) in [5, 5.41) is 4.93. The van der Waals surface area contributed by atoms with Crippen molar-refractivity contribution in [3.63, 3.8) is 0 Å². The summed E-state index contributed by atoms with van der Waals surface area (Å²) in [6.07, 6.45) is 0. The number of nitrogens with zero attached hydrogens (tertiary/aromatic N) is 3. The van der Waals surface area contributed by atoms with Gasteiger partial charge in [-0.3, -0.25) is 4.79 Å². The van der Waals surface area contributed by atoms with E-state index in [0.29, 0.717) is 16.6 Å². The number of carbonyl (C=O) groups excluding carboxylic acids is 1. The fourth-order valence-electron chi connectivity index (χ4n) is 3.43. The van der Waals surface area contributed by atoms with E-state index in [9.17, 15) is 14.0 Å². The summed E-state index contributed by atoms with van der Waals surface area (Å²) >= 11 is 0. The number of ether oxygens (including phenoxy) is 2. The van der Waals surface area contributed by atoms with Crippen molar-refractivity contribution in [1.82, 2.24) is 14.3 Å². The van der Waals surface area contributed by atoms with E-state index in [-0.39, 0.29) is 29.9 Å². The molecule has 0 radical (unpaired) electrons. The Labute approximate surface area is 164 Å². The van der Waals surface area contributed by atoms with Crippen LogP contribution < -0.4 is 5.56 Å². The Morgan fingerprint density at radius 2 is 1.93 bits per heavy atom. The van der Waals surface area contributed by atoms with Crippen LogP contribution in [0.4, 0.5) is 4.39 Å². The van der Waals surface area contributed by atoms with Crippen LogP contribution in [0.5, 0.6) is 0 Å². The second-order valence-corrected chi connectivity index (χ2v) is 6.35. The summed E-state index contributed by atoms with van der Waals surface area (Å²) in [6.45, 7) is 1.86. The molecule has 8 heteroatoms. The molecule has 0 unspecified atom stereocenters. The summed E-state index contributed by atoms with van der Waals surface area (Å²) in [4.78, 5) is 26.1. The highest BCUT2D eigenvalue weighted by molar-refractivity contribution is 6.15. The fourth-order valence-corrected chi connectivity index (χ4v) is 3.43. The maximum atomic E-state index is 14.0. The van der Waals surface area contributed by atoms with Gasteiger partial charge in [0.05, 0.1) is 17.8 Å². The van der Waals surface area contributed by atoms with E-state index >= 15 is 0 Å². The third-order valence-electron chi connectivity index (χ3n) is 4.58. The number of esters is 1. The van der Waals surface area contributed by atoms with Crippen LogP contribution in [-0.4, -0.2) is 34.0 Å². The molecule has 0 aliphatic carbocycles. The number of hydrogen-bond donors (Lipinski definition) is 0. The van der Waals surface area contributed by atoms with E-state index in [1.54, 1.807) is 41.8 Å². The number of para-hydroxylation sites is 1. The van der Waals surface area contributed by atoms with Crippen LogP contribution >= 0.6 is 0 Å². The summed E-state index contributed by atoms with van der Waals surface area (Å²) in [5.74, 6) is -1.18. The standard InChI is InChI=1S/C21H18FN3O4/c1-3-29-21(27)18-17-15-11-13(22)9-10-16(15)24(12-28-2)19(17)20(26)25(23-18)14-7-5-4-6-8-14/h4-11H,3,12H2,1-2H3. The summed E-state index contributed by atoms with van der Waals surface area (Å²) < 4.78 is 27.2. The van der Waals surface area contributed by atoms with Gasteiger partial charge in [-0.05, 0) is 37.3 Å². The zero-order chi connectivity index (χ0) is 20.5. The number of halogens is 1. The van der Waals surface area contributed by atoms with Crippen molar-refractivity contribution in [1.29, 1.82) is 0 Å². The average molecular weight is 395 g/mol. The molecule has 0 saturated heterocycles. The minimum atomic E-state index is -0.692. The number of carbonyl (C=O) groups is 1. The topological polar surface area (TPSA) is 75.4 Å². The second-order valence-electron chi connectivity index (χ2n) is 6.35. The normalized spacial score (nSPS) is 11.3. The van der Waals surface area contributed by atoms with Gasteiger partial charge in [-0.1, -0.05) is 18.2 Å². The van der Waals surface area contributed by atoms with Gasteiger partial charge in [0.1, 0.15) is 18.1 Å². The number of methoxy groups -OCH3 is 1. The van der Waals surface area contributed by atoms with Gasteiger partial charge < -0.3 is 14.0 Å². The molecule has 4 aromatic rings. The van der Waals surface area contributed by atoms with Gasteiger partial charge in [0.2, 0.25) is 0 Å². The fraction of sp³-hybridized carbons (Fsp3) is 0.190. The quantitative estimate of drug-likeness (QED) is 0.485. The Morgan fingerprint density at radius 1 is 1.17 bits per heavy atom. The maximum absolute atomic E-state index is 14.0. The molecule has 0 saturated carbocycles. The highest BCUT2D eigenvalue weighted by Gasteiger charge is 2.25. The molecule has 29 heavy (non-hydrogen) atoms. The molecule has 4 rings (SSSR count). The number of aromatic nitrogens is 3. The van der Waals surface area contributed by atoms with E-state index in [2.05, 4.69) is 5.10 Å². The largest absolute Gasteiger partial charge is 0.461 e. The summed E-state index contributed by atoms with van der Waals surface area (Å²) in [6, 6.07) is 12.9. The minimum absolute atomic E-state index is 0.0436. The number of rotatable bonds is 5. The Morgan fingerprint density at radius 3 is 2.62 bits per heavy atom. The molecule has 0 aliphatic heterocycles. The summed E-state index contributed by atoms with van der Waals surface area (Å²) in [5.41, 5.74) is 0.724. The van der Waals surface area contributed by atoms with E-state index in [1.165, 1.54) is 19.2 Å². The van der Waals surface area contributed by atoms with Gasteiger partial charge >= 0.3 is 5.97 Å². The Kier molecular flexibility index (Phi) is 4.85. The lowest BCUT2D eigenvalue weighted by Crippen LogP contribution is -2.26. The third kappa shape index (κ3) is 3.07. The van der Waals surface area contributed by atoms with E-state index < -0.39 is 17.3 Å². The highest BCUT2D eigenvalue weighted by Crippen LogP contribution is 2.30. The average Bonchev–Trinajstić information content (AvgIpc) is 3.03. The van der Waals surface area contributed by atoms with Gasteiger partial charge in [-0.15, -0.1) is 0 Å². The SMILES string of the molecule is CCOC(=O)c1nn(-c2ccccc2)c(=O)c2c1c1cc(F)ccc1n2COC. The molecular formula is C21H18FN3O4. The lowest BCUT2D eigenvalue weighted by molar-refractivity contribution is 0.0520. The Bertz CT molecular complexity index is 1280. The minimum Gasteiger partial charge on any atom is -0.461 e. The summed E-state index contributed by atoms with van der Waals surface area (Å²) in [7, 11) is 1.49. The monoisotopic (exact) mass is 395 g/mol. The first kappa shape index (κ1) is 18.8. The van der Waals surface area contributed by atoms with E-state index in [0.717, 1.165) is 4.68 Å². The highest BCUT2D eigenvalue weighted by atomic mass is 19.1. The number of fused-ring (bicyclic) bond motifs is 3. The van der Waals surface area contributed by atoms with Gasteiger partial charge in [-0.25, -0.2) is 9.18 Å². The number of benzene rings is 2. The van der Waals surface area contributed by atoms with Gasteiger partial charge in [0.15, 0.2) is 5.69 Å². The number of hydrogen-bond acceptors (Lipinski definition) is 5. The van der Waals surface area contributed by atoms with Crippen molar-refractivity contribution in [3.8, 4) is 5.69 Å². The van der Waals surface area contributed by atoms with Crippen LogP contribution in [0.2, 0.25) is 0 Å². The second kappa shape index (κ2) is 7.48. The van der Waals surface area contributed by atoms with Crippen LogP contribution in [0, 0.1) is 5.82 Å². The van der Waals surface area contributed by atoms with Crippen LogP contribution in [-0.2, 0) is 16.2 Å². The molecule has 148 valence electrons. The zero-order valence-electron chi connectivity index (χ0n) is 15.9. The third-order valence-corrected chi connectivity index (χ3v) is 4.58. The van der Waals surface area contributed by atoms with Crippen molar-refractivity contribution in [2.24, 2.45) is 0 Å². The van der Waals surface area contributed by atoms with Crippen molar-refractivity contribution in [3.05, 3.63) is 70.4 Å². The molecule has 0 fully saturated rings. The Hall–Kier alpha value is -3.52. The molecule has 0 N–H and O–H groups in total. The van der Waals surface area contributed by atoms with Crippen molar-refractivity contribution < 1.29 is 18.7 Å². The first-order valence-electron chi connectivity index (χ1n) is 9.03. The van der Waals surface area contributed by atoms with Crippen molar-refractivity contribution >= 4 is 27.8 Å². The van der Waals surface area contributed by atoms with Gasteiger partial charge in [0.25, 0.3) is 5.56 Å². The predicted octanol–water partition coefficient (Wildman–Crippen LogP) is 3.26. The van der Waals surface area contributed by atoms with Crippen LogP contribution in [0.3, 0.4) is 0 Å². The Balaban J connectivity index is 2.21. The van der Waals surface area contributed by atoms with Crippen molar-refractivity contribution in [2.45, 2.75) is 13.7 Å². The maximum Gasteiger partial charge on any atom is 0.359 e. The zero-order valence-corrected chi connectivity index (χ0v) is 15.9. The predicted molar refractivity (Wildman–Crippen MR) is 106 cm³/mol. The van der Waals surface area contributed by atoms with E-state index in [1.807, 2.05) is 6.07 Å². The van der Waals surface area contributed by atoms with E-state index in [4.69, 9.17) is 9.47 Å². The molecule has 0 spiro atoms. The first-order valence-corrected chi connectivity index (χ1v) is 9.03. The lowest BCUT2D eigenvalue weighted by atomic mass is 10.1. The van der Waals surface area contributed by atoms with Gasteiger partial charge in [0, 0.05) is 17.9 Å². The van der Waals surface area contributed by atoms with Crippen LogP contribution in [0.15, 0.2) is 53.3 Å². The lowest BCUT2D eigenvalue weighted by Gasteiger charge is -2.10. The molecule has 2 aromatic heterocycles. The first-order chi connectivity index (χ1) is 14.1. The molecular weight excluding hydrogens is 377 g/mol. The van der Waals surface area contributed by atoms with Crippen LogP contribution in [0.1, 0.15) is 17.4 Å². The molecule has 0 atom stereocenters. The van der Waals surface area contributed by atoms with Crippen molar-refractivity contribution in [2.75, 3.05) is 13.7 Å². The molecule has 2 aromatic carbocycles. The molecule has 2 heterocycles. The smallest absolute Gasteiger partial charge is 0.359 e. The van der Waals surface area contributed by atoms with Crippen LogP contribution in [0.25, 0.3) is 27.5 Å². The molecule has 7 nitrogen and oxygen atoms in total. The molecule has 0 aliphatic rings. The molecule has 0 bridgehead atoms.